The van der Waals surface area contributed by atoms with Gasteiger partial charge in [0.15, 0.2) is 5.82 Å². The Labute approximate surface area is 207 Å². The van der Waals surface area contributed by atoms with Crippen molar-refractivity contribution in [1.82, 2.24) is 20.3 Å². The third-order valence-corrected chi connectivity index (χ3v) is 6.74. The van der Waals surface area contributed by atoms with Gasteiger partial charge in [-0.05, 0) is 63.5 Å². The number of pyridine rings is 1. The van der Waals surface area contributed by atoms with E-state index in [1.807, 2.05) is 12.1 Å². The molecule has 1 aliphatic heterocycles. The van der Waals surface area contributed by atoms with E-state index in [0.717, 1.165) is 76.1 Å². The van der Waals surface area contributed by atoms with Gasteiger partial charge in [0, 0.05) is 62.6 Å². The number of aromatic nitrogens is 3. The maximum Gasteiger partial charge on any atom is 0.223 e. The zero-order valence-electron chi connectivity index (χ0n) is 20.1. The van der Waals surface area contributed by atoms with E-state index >= 15 is 0 Å². The maximum absolute atomic E-state index is 6.49. The van der Waals surface area contributed by atoms with E-state index in [4.69, 9.17) is 31.1 Å². The van der Waals surface area contributed by atoms with E-state index in [2.05, 4.69) is 27.5 Å². The number of anilines is 1. The van der Waals surface area contributed by atoms with Crippen LogP contribution < -0.4 is 10.6 Å². The van der Waals surface area contributed by atoms with E-state index in [1.54, 1.807) is 19.5 Å². The van der Waals surface area contributed by atoms with Gasteiger partial charge < -0.3 is 20.1 Å². The molecule has 1 aliphatic carbocycles. The molecule has 0 spiro atoms. The number of nitrogens with zero attached hydrogens (tertiary/aromatic N) is 4. The van der Waals surface area contributed by atoms with Crippen molar-refractivity contribution in [2.75, 3.05) is 38.8 Å². The van der Waals surface area contributed by atoms with E-state index < -0.39 is 0 Å². The molecule has 0 amide bonds. The number of aliphatic imine (C=N–C) groups is 1. The van der Waals surface area contributed by atoms with E-state index in [0.29, 0.717) is 34.8 Å². The van der Waals surface area contributed by atoms with Crippen molar-refractivity contribution < 1.29 is 9.47 Å². The molecular formula is C25H35ClN6O2. The second-order valence-corrected chi connectivity index (χ2v) is 9.61. The molecule has 2 N–H and O–H groups in total. The highest BCUT2D eigenvalue weighted by molar-refractivity contribution is 6.33. The van der Waals surface area contributed by atoms with Gasteiger partial charge >= 0.3 is 0 Å². The minimum Gasteiger partial charge on any atom is -0.383 e. The summed E-state index contributed by atoms with van der Waals surface area (Å²) in [5, 5.41) is 7.56. The molecule has 4 rings (SSSR count). The van der Waals surface area contributed by atoms with Crippen LogP contribution in [-0.4, -0.2) is 66.2 Å². The standard InChI is InChI=1S/C25H35ClN6O2/c1-17(16-33-2)30-19-3-5-20(6-4-19)31-24-13-21(22(26)15-28-24)23-7-10-27-25(32-23)29-14-18-8-11-34-12-9-18/h7,10,13,15,17-19,30H,3-6,8-9,11-12,14,16H2,1-2H3,(H,27,29,32). The van der Waals surface area contributed by atoms with Crippen LogP contribution in [0.15, 0.2) is 29.5 Å². The van der Waals surface area contributed by atoms with Crippen LogP contribution in [0, 0.1) is 5.92 Å². The van der Waals surface area contributed by atoms with Gasteiger partial charge in [-0.25, -0.2) is 19.9 Å². The van der Waals surface area contributed by atoms with Gasteiger partial charge in [0.05, 0.1) is 17.3 Å². The van der Waals surface area contributed by atoms with Crippen LogP contribution >= 0.6 is 11.6 Å². The summed E-state index contributed by atoms with van der Waals surface area (Å²) in [6.45, 7) is 5.39. The molecule has 2 fully saturated rings. The Morgan fingerprint density at radius 1 is 1.21 bits per heavy atom. The number of methoxy groups -OCH3 is 1. The van der Waals surface area contributed by atoms with Crippen molar-refractivity contribution in [1.29, 1.82) is 0 Å². The largest absolute Gasteiger partial charge is 0.383 e. The molecule has 2 aromatic rings. The lowest BCUT2D eigenvalue weighted by molar-refractivity contribution is 0.0699. The first kappa shape index (κ1) is 25.0. The second-order valence-electron chi connectivity index (χ2n) is 9.20. The zero-order valence-corrected chi connectivity index (χ0v) is 20.9. The van der Waals surface area contributed by atoms with Gasteiger partial charge in [-0.15, -0.1) is 0 Å². The van der Waals surface area contributed by atoms with Crippen molar-refractivity contribution in [2.45, 2.75) is 57.5 Å². The molecule has 2 aromatic heterocycles. The van der Waals surface area contributed by atoms with Crippen LogP contribution in [-0.2, 0) is 9.47 Å². The maximum atomic E-state index is 6.49. The molecule has 184 valence electrons. The topological polar surface area (TPSA) is 93.5 Å². The second kappa shape index (κ2) is 12.5. The molecule has 2 aliphatic rings. The summed E-state index contributed by atoms with van der Waals surface area (Å²) >= 11 is 6.49. The average molecular weight is 487 g/mol. The van der Waals surface area contributed by atoms with Gasteiger partial charge in [-0.3, -0.25) is 0 Å². The van der Waals surface area contributed by atoms with E-state index in [-0.39, 0.29) is 0 Å². The molecule has 3 heterocycles. The van der Waals surface area contributed by atoms with Crippen LogP contribution in [0.5, 0.6) is 0 Å². The number of nitrogens with one attached hydrogen (secondary N) is 2. The lowest BCUT2D eigenvalue weighted by Gasteiger charge is -2.27. The summed E-state index contributed by atoms with van der Waals surface area (Å²) in [6.07, 6.45) is 9.62. The summed E-state index contributed by atoms with van der Waals surface area (Å²) in [5.74, 6) is 1.86. The summed E-state index contributed by atoms with van der Waals surface area (Å²) in [6, 6.07) is 4.66. The molecule has 1 atom stereocenters. The minimum absolute atomic E-state index is 0.359. The van der Waals surface area contributed by atoms with Crippen LogP contribution in [0.1, 0.15) is 45.4 Å². The van der Waals surface area contributed by atoms with Crippen molar-refractivity contribution in [3.8, 4) is 11.3 Å². The fourth-order valence-electron chi connectivity index (χ4n) is 4.56. The number of hydrogen-bond donors (Lipinski definition) is 2. The van der Waals surface area contributed by atoms with Crippen LogP contribution in [0.2, 0.25) is 5.02 Å². The third kappa shape index (κ3) is 7.18. The summed E-state index contributed by atoms with van der Waals surface area (Å²) in [5.41, 5.74) is 2.76. The number of hydrogen-bond acceptors (Lipinski definition) is 8. The first-order chi connectivity index (χ1) is 16.6. The molecule has 1 saturated heterocycles. The average Bonchev–Trinajstić information content (AvgIpc) is 2.86. The van der Waals surface area contributed by atoms with Gasteiger partial charge in [-0.1, -0.05) is 11.6 Å². The summed E-state index contributed by atoms with van der Waals surface area (Å²) in [4.78, 5) is 18.4. The van der Waals surface area contributed by atoms with Gasteiger partial charge in [0.25, 0.3) is 0 Å². The number of ether oxygens (including phenoxy) is 2. The SMILES string of the molecule is COCC(C)NC1CCC(=Nc2cc(-c3ccnc(NCC4CCOCC4)n3)c(Cl)cn2)CC1. The van der Waals surface area contributed by atoms with E-state index in [9.17, 15) is 0 Å². The minimum atomic E-state index is 0.359. The first-order valence-electron chi connectivity index (χ1n) is 12.2. The van der Waals surface area contributed by atoms with Crippen LogP contribution in [0.4, 0.5) is 11.8 Å². The molecule has 0 aromatic carbocycles. The third-order valence-electron chi connectivity index (χ3n) is 6.43. The van der Waals surface area contributed by atoms with Crippen LogP contribution in [0.3, 0.4) is 0 Å². The molecule has 34 heavy (non-hydrogen) atoms. The quantitative estimate of drug-likeness (QED) is 0.531. The Morgan fingerprint density at radius 3 is 2.76 bits per heavy atom. The normalized spacial score (nSPS) is 20.2. The number of rotatable bonds is 9. The Hall–Kier alpha value is -2.13. The Kier molecular flexibility index (Phi) is 9.21. The molecular weight excluding hydrogens is 452 g/mol. The smallest absolute Gasteiger partial charge is 0.223 e. The van der Waals surface area contributed by atoms with Gasteiger partial charge in [0.1, 0.15) is 0 Å². The first-order valence-corrected chi connectivity index (χ1v) is 12.6. The van der Waals surface area contributed by atoms with Crippen molar-refractivity contribution in [3.05, 3.63) is 29.5 Å². The van der Waals surface area contributed by atoms with Crippen molar-refractivity contribution >= 4 is 29.1 Å². The Balaban J connectivity index is 1.39. The zero-order chi connectivity index (χ0) is 23.8. The van der Waals surface area contributed by atoms with Crippen molar-refractivity contribution in [3.63, 3.8) is 0 Å². The Bertz CT molecular complexity index is 956. The lowest BCUT2D eigenvalue weighted by Crippen LogP contribution is -2.41. The molecule has 8 nitrogen and oxygen atoms in total. The highest BCUT2D eigenvalue weighted by Crippen LogP contribution is 2.30. The highest BCUT2D eigenvalue weighted by Gasteiger charge is 2.20. The predicted octanol–water partition coefficient (Wildman–Crippen LogP) is 4.67. The van der Waals surface area contributed by atoms with Gasteiger partial charge in [-0.2, -0.15) is 0 Å². The number of halogens is 1. The van der Waals surface area contributed by atoms with E-state index in [1.165, 1.54) is 5.71 Å². The fraction of sp³-hybridized carbons (Fsp3) is 0.600. The Morgan fingerprint density at radius 2 is 2.00 bits per heavy atom. The molecule has 0 bridgehead atoms. The summed E-state index contributed by atoms with van der Waals surface area (Å²) in [7, 11) is 1.74. The fourth-order valence-corrected chi connectivity index (χ4v) is 4.76. The summed E-state index contributed by atoms with van der Waals surface area (Å²) < 4.78 is 10.7. The molecule has 0 radical (unpaired) electrons. The predicted molar refractivity (Wildman–Crippen MR) is 136 cm³/mol. The monoisotopic (exact) mass is 486 g/mol. The lowest BCUT2D eigenvalue weighted by atomic mass is 9.93. The highest BCUT2D eigenvalue weighted by atomic mass is 35.5. The molecule has 1 unspecified atom stereocenters. The molecule has 9 heteroatoms. The van der Waals surface area contributed by atoms with Gasteiger partial charge in [0.2, 0.25) is 5.95 Å². The van der Waals surface area contributed by atoms with Crippen LogP contribution in [0.25, 0.3) is 11.3 Å². The molecule has 1 saturated carbocycles. The van der Waals surface area contributed by atoms with Crippen molar-refractivity contribution in [2.24, 2.45) is 10.9 Å².